The second-order valence-electron chi connectivity index (χ2n) is 7.97. The normalized spacial score (nSPS) is 12.8. The van der Waals surface area contributed by atoms with Crippen LogP contribution in [0.25, 0.3) is 11.1 Å². The molecule has 0 saturated heterocycles. The molecule has 31 heavy (non-hydrogen) atoms. The summed E-state index contributed by atoms with van der Waals surface area (Å²) in [6.45, 7) is 5.10. The molecule has 4 rings (SSSR count). The third kappa shape index (κ3) is 5.54. The minimum atomic E-state index is 0.459. The van der Waals surface area contributed by atoms with Gasteiger partial charge in [-0.05, 0) is 59.2 Å². The van der Waals surface area contributed by atoms with Gasteiger partial charge in [-0.25, -0.2) is 9.97 Å². The molecule has 156 valence electrons. The molecule has 0 aliphatic heterocycles. The van der Waals surface area contributed by atoms with Crippen LogP contribution in [-0.2, 0) is 13.0 Å². The number of hydrogen-bond acceptors (Lipinski definition) is 4. The van der Waals surface area contributed by atoms with E-state index in [0.717, 1.165) is 29.0 Å². The van der Waals surface area contributed by atoms with Crippen molar-refractivity contribution in [2.75, 3.05) is 0 Å². The van der Waals surface area contributed by atoms with Crippen LogP contribution in [0.3, 0.4) is 0 Å². The van der Waals surface area contributed by atoms with E-state index in [2.05, 4.69) is 65.2 Å². The standard InChI is InChI=1S/C27H27N3O/c1-20(21(2)23-8-10-24(11-9-23)25-16-28-19-29-17-25)15-22-6-12-27(13-7-22)31-18-26-5-3-4-14-30-26/h3-14,16-17,19-21H,15,18H2,1-2H3. The van der Waals surface area contributed by atoms with E-state index in [0.29, 0.717) is 18.4 Å². The molecule has 0 aliphatic rings. The maximum Gasteiger partial charge on any atom is 0.130 e. The van der Waals surface area contributed by atoms with E-state index in [1.807, 2.05) is 42.7 Å². The molecule has 4 aromatic rings. The van der Waals surface area contributed by atoms with Crippen molar-refractivity contribution in [3.8, 4) is 16.9 Å². The zero-order valence-corrected chi connectivity index (χ0v) is 18.0. The number of ether oxygens (including phenoxy) is 1. The monoisotopic (exact) mass is 409 g/mol. The highest BCUT2D eigenvalue weighted by Gasteiger charge is 2.15. The molecular weight excluding hydrogens is 382 g/mol. The van der Waals surface area contributed by atoms with Gasteiger partial charge in [-0.3, -0.25) is 4.98 Å². The van der Waals surface area contributed by atoms with Crippen LogP contribution >= 0.6 is 0 Å². The minimum absolute atomic E-state index is 0.459. The van der Waals surface area contributed by atoms with Gasteiger partial charge in [0.05, 0.1) is 5.69 Å². The van der Waals surface area contributed by atoms with E-state index in [4.69, 9.17) is 4.74 Å². The molecule has 0 spiro atoms. The summed E-state index contributed by atoms with van der Waals surface area (Å²) in [4.78, 5) is 12.5. The Morgan fingerprint density at radius 2 is 1.55 bits per heavy atom. The molecule has 0 bridgehead atoms. The fourth-order valence-electron chi connectivity index (χ4n) is 3.67. The zero-order chi connectivity index (χ0) is 21.5. The highest BCUT2D eigenvalue weighted by atomic mass is 16.5. The largest absolute Gasteiger partial charge is 0.487 e. The Labute approximate surface area is 184 Å². The Balaban J connectivity index is 1.33. The van der Waals surface area contributed by atoms with Crippen LogP contribution in [0.5, 0.6) is 5.75 Å². The van der Waals surface area contributed by atoms with Crippen LogP contribution in [0.1, 0.15) is 36.6 Å². The fraction of sp³-hybridized carbons (Fsp3) is 0.222. The Hall–Kier alpha value is -3.53. The summed E-state index contributed by atoms with van der Waals surface area (Å²) in [5, 5.41) is 0. The number of rotatable bonds is 8. The first kappa shape index (κ1) is 20.7. The Kier molecular flexibility index (Phi) is 6.68. The third-order valence-corrected chi connectivity index (χ3v) is 5.78. The third-order valence-electron chi connectivity index (χ3n) is 5.78. The number of hydrogen-bond donors (Lipinski definition) is 0. The van der Waals surface area contributed by atoms with Gasteiger partial charge in [0.25, 0.3) is 0 Å². The predicted octanol–water partition coefficient (Wildman–Crippen LogP) is 6.10. The minimum Gasteiger partial charge on any atom is -0.487 e. The topological polar surface area (TPSA) is 47.9 Å². The number of pyridine rings is 1. The van der Waals surface area contributed by atoms with Crippen LogP contribution in [-0.4, -0.2) is 15.0 Å². The van der Waals surface area contributed by atoms with Crippen LogP contribution < -0.4 is 4.74 Å². The van der Waals surface area contributed by atoms with Crippen molar-refractivity contribution in [3.63, 3.8) is 0 Å². The fourth-order valence-corrected chi connectivity index (χ4v) is 3.67. The number of nitrogens with zero attached hydrogens (tertiary/aromatic N) is 3. The molecule has 2 atom stereocenters. The van der Waals surface area contributed by atoms with Crippen molar-refractivity contribution in [1.82, 2.24) is 15.0 Å². The zero-order valence-electron chi connectivity index (χ0n) is 18.0. The van der Waals surface area contributed by atoms with Crippen molar-refractivity contribution < 1.29 is 4.74 Å². The molecular formula is C27H27N3O. The van der Waals surface area contributed by atoms with Crippen LogP contribution in [0.4, 0.5) is 0 Å². The van der Waals surface area contributed by atoms with E-state index in [1.54, 1.807) is 12.5 Å². The lowest BCUT2D eigenvalue weighted by atomic mass is 9.84. The first-order valence-electron chi connectivity index (χ1n) is 10.7. The van der Waals surface area contributed by atoms with Gasteiger partial charge in [0, 0.05) is 24.2 Å². The van der Waals surface area contributed by atoms with Crippen molar-refractivity contribution in [1.29, 1.82) is 0 Å². The summed E-state index contributed by atoms with van der Waals surface area (Å²) in [5.41, 5.74) is 5.79. The molecule has 2 aromatic carbocycles. The average molecular weight is 410 g/mol. The smallest absolute Gasteiger partial charge is 0.130 e. The maximum absolute atomic E-state index is 5.85. The molecule has 2 heterocycles. The lowest BCUT2D eigenvalue weighted by Gasteiger charge is -2.21. The van der Waals surface area contributed by atoms with Gasteiger partial charge in [-0.1, -0.05) is 56.3 Å². The van der Waals surface area contributed by atoms with Gasteiger partial charge < -0.3 is 4.74 Å². The summed E-state index contributed by atoms with van der Waals surface area (Å²) in [7, 11) is 0. The van der Waals surface area contributed by atoms with Gasteiger partial charge >= 0.3 is 0 Å². The summed E-state index contributed by atoms with van der Waals surface area (Å²) < 4.78 is 5.85. The summed E-state index contributed by atoms with van der Waals surface area (Å²) in [6, 6.07) is 23.0. The summed E-state index contributed by atoms with van der Waals surface area (Å²) >= 11 is 0. The first-order valence-corrected chi connectivity index (χ1v) is 10.7. The molecule has 0 amide bonds. The van der Waals surface area contributed by atoms with E-state index >= 15 is 0 Å². The van der Waals surface area contributed by atoms with Gasteiger partial charge in [0.1, 0.15) is 18.7 Å². The van der Waals surface area contributed by atoms with Gasteiger partial charge in [-0.2, -0.15) is 0 Å². The highest BCUT2D eigenvalue weighted by Crippen LogP contribution is 2.29. The summed E-state index contributed by atoms with van der Waals surface area (Å²) in [6.07, 6.45) is 8.06. The van der Waals surface area contributed by atoms with Crippen LogP contribution in [0.2, 0.25) is 0 Å². The Morgan fingerprint density at radius 3 is 2.23 bits per heavy atom. The molecule has 0 aliphatic carbocycles. The van der Waals surface area contributed by atoms with Gasteiger partial charge in [0.15, 0.2) is 0 Å². The molecule has 2 unspecified atom stereocenters. The van der Waals surface area contributed by atoms with Crippen LogP contribution in [0, 0.1) is 5.92 Å². The second kappa shape index (κ2) is 9.98. The molecule has 0 radical (unpaired) electrons. The van der Waals surface area contributed by atoms with E-state index in [-0.39, 0.29) is 0 Å². The number of aromatic nitrogens is 3. The lowest BCUT2D eigenvalue weighted by Crippen LogP contribution is -2.09. The quantitative estimate of drug-likeness (QED) is 0.353. The van der Waals surface area contributed by atoms with Crippen molar-refractivity contribution >= 4 is 0 Å². The SMILES string of the molecule is CC(Cc1ccc(OCc2ccccn2)cc1)C(C)c1ccc(-c2cncnc2)cc1. The Morgan fingerprint density at radius 1 is 0.806 bits per heavy atom. The van der Waals surface area contributed by atoms with E-state index < -0.39 is 0 Å². The van der Waals surface area contributed by atoms with Crippen LogP contribution in [0.15, 0.2) is 91.6 Å². The number of benzene rings is 2. The molecule has 4 heteroatoms. The van der Waals surface area contributed by atoms with Crippen molar-refractivity contribution in [3.05, 3.63) is 108 Å². The molecule has 0 fully saturated rings. The van der Waals surface area contributed by atoms with Gasteiger partial charge in [0.2, 0.25) is 0 Å². The van der Waals surface area contributed by atoms with E-state index in [1.165, 1.54) is 11.1 Å². The predicted molar refractivity (Wildman–Crippen MR) is 124 cm³/mol. The highest BCUT2D eigenvalue weighted by molar-refractivity contribution is 5.61. The maximum atomic E-state index is 5.85. The first-order chi connectivity index (χ1) is 15.2. The van der Waals surface area contributed by atoms with E-state index in [9.17, 15) is 0 Å². The molecule has 0 N–H and O–H groups in total. The van der Waals surface area contributed by atoms with Gasteiger partial charge in [-0.15, -0.1) is 0 Å². The Bertz CT molecular complexity index is 1070. The van der Waals surface area contributed by atoms with Crippen molar-refractivity contribution in [2.45, 2.75) is 32.8 Å². The second-order valence-corrected chi connectivity index (χ2v) is 7.97. The molecule has 2 aromatic heterocycles. The van der Waals surface area contributed by atoms with Crippen molar-refractivity contribution in [2.24, 2.45) is 5.92 Å². The summed E-state index contributed by atoms with van der Waals surface area (Å²) in [5.74, 6) is 1.85. The average Bonchev–Trinajstić information content (AvgIpc) is 2.84. The molecule has 0 saturated carbocycles. The molecule has 4 nitrogen and oxygen atoms in total. The lowest BCUT2D eigenvalue weighted by molar-refractivity contribution is 0.301.